The molecule has 0 bridgehead atoms. The molecule has 0 amide bonds. The smallest absolute Gasteiger partial charge is 0.283 e. The van der Waals surface area contributed by atoms with Crippen molar-refractivity contribution in [3.8, 4) is 0 Å². The third-order valence-corrected chi connectivity index (χ3v) is 4.74. The third-order valence-electron chi connectivity index (χ3n) is 3.04. The summed E-state index contributed by atoms with van der Waals surface area (Å²) in [4.78, 5) is 3.93. The number of rotatable bonds is 6. The predicted octanol–water partition coefficient (Wildman–Crippen LogP) is 0.673. The van der Waals surface area contributed by atoms with E-state index in [0.717, 1.165) is 4.31 Å². The molecule has 1 aromatic heterocycles. The molecule has 2 rings (SSSR count). The van der Waals surface area contributed by atoms with Gasteiger partial charge < -0.3 is 15.4 Å². The van der Waals surface area contributed by atoms with Crippen LogP contribution < -0.4 is 10.0 Å². The molecule has 0 aliphatic heterocycles. The minimum Gasteiger partial charge on any atom is -0.397 e. The molecule has 0 saturated carbocycles. The summed E-state index contributed by atoms with van der Waals surface area (Å²) in [7, 11) is -3.87. The van der Waals surface area contributed by atoms with Gasteiger partial charge in [-0.3, -0.25) is 4.31 Å². The summed E-state index contributed by atoms with van der Waals surface area (Å²) in [5.74, 6) is 0. The van der Waals surface area contributed by atoms with E-state index in [1.807, 2.05) is 6.92 Å². The average Bonchev–Trinajstić information content (AvgIpc) is 2.95. The number of hydrogen-bond acceptors (Lipinski definition) is 5. The Balaban J connectivity index is 2.48. The Morgan fingerprint density at radius 1 is 1.38 bits per heavy atom. The lowest BCUT2D eigenvalue weighted by atomic mass is 10.3. The van der Waals surface area contributed by atoms with Crippen molar-refractivity contribution in [1.82, 2.24) is 9.55 Å². The van der Waals surface area contributed by atoms with Gasteiger partial charge in [0.05, 0.1) is 30.9 Å². The van der Waals surface area contributed by atoms with Crippen LogP contribution in [0.5, 0.6) is 0 Å². The lowest BCUT2D eigenvalue weighted by Gasteiger charge is -2.23. The SMILES string of the molecule is CCn1cnc(S(=O)(=O)N(CCO)c2ccccc2N)c1. The molecular formula is C13H18N4O3S. The number of aryl methyl sites for hydroxylation is 1. The predicted molar refractivity (Wildman–Crippen MR) is 80.4 cm³/mol. The van der Waals surface area contributed by atoms with Crippen LogP contribution in [-0.4, -0.2) is 36.2 Å². The summed E-state index contributed by atoms with van der Waals surface area (Å²) in [6, 6.07) is 6.61. The van der Waals surface area contributed by atoms with Gasteiger partial charge in [0.2, 0.25) is 0 Å². The molecule has 0 unspecified atom stereocenters. The number of imidazole rings is 1. The van der Waals surface area contributed by atoms with Crippen LogP contribution in [0.1, 0.15) is 6.92 Å². The molecule has 2 aromatic rings. The topological polar surface area (TPSA) is 101 Å². The van der Waals surface area contributed by atoms with Gasteiger partial charge in [0.25, 0.3) is 10.0 Å². The molecule has 0 radical (unpaired) electrons. The maximum absolute atomic E-state index is 12.7. The number of aromatic nitrogens is 2. The Morgan fingerprint density at radius 3 is 2.67 bits per heavy atom. The number of para-hydroxylation sites is 2. The number of anilines is 2. The van der Waals surface area contributed by atoms with Crippen LogP contribution >= 0.6 is 0 Å². The molecule has 8 heteroatoms. The number of nitrogens with two attached hydrogens (primary N) is 1. The van der Waals surface area contributed by atoms with Crippen molar-refractivity contribution >= 4 is 21.4 Å². The van der Waals surface area contributed by atoms with E-state index in [-0.39, 0.29) is 18.2 Å². The molecular weight excluding hydrogens is 292 g/mol. The quantitative estimate of drug-likeness (QED) is 0.764. The largest absolute Gasteiger partial charge is 0.397 e. The maximum atomic E-state index is 12.7. The molecule has 0 spiro atoms. The Hall–Kier alpha value is -2.06. The van der Waals surface area contributed by atoms with E-state index in [0.29, 0.717) is 17.9 Å². The van der Waals surface area contributed by atoms with Crippen molar-refractivity contribution in [2.45, 2.75) is 18.5 Å². The van der Waals surface area contributed by atoms with Gasteiger partial charge in [-0.25, -0.2) is 4.98 Å². The van der Waals surface area contributed by atoms with E-state index in [9.17, 15) is 13.5 Å². The molecule has 1 heterocycles. The Morgan fingerprint density at radius 2 is 2.10 bits per heavy atom. The molecule has 0 saturated heterocycles. The molecule has 0 fully saturated rings. The molecule has 0 aliphatic carbocycles. The number of hydrogen-bond donors (Lipinski definition) is 2. The van der Waals surface area contributed by atoms with E-state index in [4.69, 9.17) is 5.73 Å². The Kier molecular flexibility index (Phi) is 4.49. The molecule has 3 N–H and O–H groups in total. The minimum atomic E-state index is -3.87. The summed E-state index contributed by atoms with van der Waals surface area (Å²) >= 11 is 0. The van der Waals surface area contributed by atoms with Gasteiger partial charge in [-0.1, -0.05) is 12.1 Å². The van der Waals surface area contributed by atoms with Gasteiger partial charge in [-0.05, 0) is 19.1 Å². The van der Waals surface area contributed by atoms with E-state index in [1.165, 1.54) is 12.5 Å². The van der Waals surface area contributed by atoms with Crippen molar-refractivity contribution in [1.29, 1.82) is 0 Å². The van der Waals surface area contributed by atoms with Gasteiger partial charge in [0, 0.05) is 12.7 Å². The number of nitrogens with zero attached hydrogens (tertiary/aromatic N) is 3. The van der Waals surface area contributed by atoms with E-state index in [2.05, 4.69) is 4.98 Å². The van der Waals surface area contributed by atoms with E-state index in [1.54, 1.807) is 28.8 Å². The average molecular weight is 310 g/mol. The van der Waals surface area contributed by atoms with Crippen molar-refractivity contribution in [2.75, 3.05) is 23.2 Å². The zero-order chi connectivity index (χ0) is 15.5. The highest BCUT2D eigenvalue weighted by Gasteiger charge is 2.28. The first kappa shape index (κ1) is 15.3. The van der Waals surface area contributed by atoms with Crippen molar-refractivity contribution in [2.24, 2.45) is 0 Å². The Labute approximate surface area is 123 Å². The Bertz CT molecular complexity index is 712. The monoisotopic (exact) mass is 310 g/mol. The summed E-state index contributed by atoms with van der Waals surface area (Å²) in [5.41, 5.74) is 6.50. The lowest BCUT2D eigenvalue weighted by molar-refractivity contribution is 0.306. The van der Waals surface area contributed by atoms with Crippen LogP contribution in [0, 0.1) is 0 Å². The van der Waals surface area contributed by atoms with Crippen molar-refractivity contribution in [3.05, 3.63) is 36.8 Å². The minimum absolute atomic E-state index is 0.0685. The number of benzene rings is 1. The molecule has 1 aromatic carbocycles. The molecule has 0 aliphatic rings. The van der Waals surface area contributed by atoms with Crippen molar-refractivity contribution < 1.29 is 13.5 Å². The third kappa shape index (κ3) is 3.01. The first-order valence-corrected chi connectivity index (χ1v) is 7.94. The zero-order valence-corrected chi connectivity index (χ0v) is 12.5. The zero-order valence-electron chi connectivity index (χ0n) is 11.7. The van der Waals surface area contributed by atoms with E-state index < -0.39 is 10.0 Å². The van der Waals surface area contributed by atoms with Gasteiger partial charge in [0.1, 0.15) is 0 Å². The van der Waals surface area contributed by atoms with Crippen LogP contribution in [0.4, 0.5) is 11.4 Å². The fraction of sp³-hybridized carbons (Fsp3) is 0.308. The summed E-state index contributed by atoms with van der Waals surface area (Å²) in [6.45, 7) is 2.10. The normalized spacial score (nSPS) is 11.5. The van der Waals surface area contributed by atoms with Gasteiger partial charge in [-0.2, -0.15) is 8.42 Å². The fourth-order valence-electron chi connectivity index (χ4n) is 1.93. The second kappa shape index (κ2) is 6.15. The molecule has 0 atom stereocenters. The van der Waals surface area contributed by atoms with Gasteiger partial charge >= 0.3 is 0 Å². The van der Waals surface area contributed by atoms with Crippen LogP contribution in [0.25, 0.3) is 0 Å². The van der Waals surface area contributed by atoms with Crippen LogP contribution in [0.2, 0.25) is 0 Å². The highest BCUT2D eigenvalue weighted by atomic mass is 32.2. The standard InChI is InChI=1S/C13H18N4O3S/c1-2-16-9-13(15-10-16)21(19,20)17(7-8-18)12-6-4-3-5-11(12)14/h3-6,9-10,18H,2,7-8,14H2,1H3. The number of nitrogen functional groups attached to an aromatic ring is 1. The summed E-state index contributed by atoms with van der Waals surface area (Å²) in [5, 5.41) is 9.11. The molecule has 21 heavy (non-hydrogen) atoms. The molecule has 7 nitrogen and oxygen atoms in total. The second-order valence-electron chi connectivity index (χ2n) is 4.40. The lowest BCUT2D eigenvalue weighted by Crippen LogP contribution is -2.34. The molecule has 114 valence electrons. The highest BCUT2D eigenvalue weighted by molar-refractivity contribution is 7.92. The van der Waals surface area contributed by atoms with Crippen LogP contribution in [0.15, 0.2) is 41.8 Å². The van der Waals surface area contributed by atoms with Gasteiger partial charge in [-0.15, -0.1) is 0 Å². The number of aliphatic hydroxyl groups excluding tert-OH is 1. The number of sulfonamides is 1. The maximum Gasteiger partial charge on any atom is 0.283 e. The highest BCUT2D eigenvalue weighted by Crippen LogP contribution is 2.27. The van der Waals surface area contributed by atoms with Crippen LogP contribution in [-0.2, 0) is 16.6 Å². The van der Waals surface area contributed by atoms with Crippen molar-refractivity contribution in [3.63, 3.8) is 0 Å². The summed E-state index contributed by atoms with van der Waals surface area (Å²) in [6.07, 6.45) is 2.91. The first-order chi connectivity index (χ1) is 10.0. The summed E-state index contributed by atoms with van der Waals surface area (Å²) < 4.78 is 28.1. The van der Waals surface area contributed by atoms with Gasteiger partial charge in [0.15, 0.2) is 5.03 Å². The van der Waals surface area contributed by atoms with E-state index >= 15 is 0 Å². The second-order valence-corrected chi connectivity index (χ2v) is 6.21. The van der Waals surface area contributed by atoms with Crippen LogP contribution in [0.3, 0.4) is 0 Å². The fourth-order valence-corrected chi connectivity index (χ4v) is 3.36. The number of aliphatic hydroxyl groups is 1. The first-order valence-electron chi connectivity index (χ1n) is 6.50.